The van der Waals surface area contributed by atoms with Gasteiger partial charge in [-0.1, -0.05) is 46.8 Å². The van der Waals surface area contributed by atoms with Crippen molar-refractivity contribution in [2.75, 3.05) is 13.2 Å². The van der Waals surface area contributed by atoms with Crippen molar-refractivity contribution in [2.24, 2.45) is 11.1 Å². The molecule has 0 bridgehead atoms. The SMILES string of the molecule is CC(C)(CN)COc1cccc(C(C)(C)C)c1. The van der Waals surface area contributed by atoms with Crippen LogP contribution in [0.5, 0.6) is 5.75 Å². The van der Waals surface area contributed by atoms with Gasteiger partial charge in [-0.05, 0) is 23.1 Å². The maximum Gasteiger partial charge on any atom is 0.119 e. The summed E-state index contributed by atoms with van der Waals surface area (Å²) in [6, 6.07) is 8.31. The zero-order valence-electron chi connectivity index (χ0n) is 11.7. The summed E-state index contributed by atoms with van der Waals surface area (Å²) < 4.78 is 5.82. The van der Waals surface area contributed by atoms with Gasteiger partial charge in [0, 0.05) is 12.0 Å². The van der Waals surface area contributed by atoms with E-state index in [2.05, 4.69) is 46.8 Å². The van der Waals surface area contributed by atoms with E-state index in [1.165, 1.54) is 5.56 Å². The van der Waals surface area contributed by atoms with Gasteiger partial charge in [0.05, 0.1) is 6.61 Å². The second-order valence-electron chi connectivity index (χ2n) is 6.43. The standard InChI is InChI=1S/C15H25NO/c1-14(2,3)12-7-6-8-13(9-12)17-11-15(4,5)10-16/h6-9H,10-11,16H2,1-5H3. The molecule has 0 radical (unpaired) electrons. The van der Waals surface area contributed by atoms with Crippen LogP contribution >= 0.6 is 0 Å². The second kappa shape index (κ2) is 5.09. The third-order valence-corrected chi connectivity index (χ3v) is 2.88. The highest BCUT2D eigenvalue weighted by molar-refractivity contribution is 5.32. The largest absolute Gasteiger partial charge is 0.493 e. The molecule has 17 heavy (non-hydrogen) atoms. The molecule has 0 spiro atoms. The Labute approximate surface area is 105 Å². The van der Waals surface area contributed by atoms with Crippen LogP contribution in [0.15, 0.2) is 24.3 Å². The molecule has 0 amide bonds. The van der Waals surface area contributed by atoms with E-state index in [0.717, 1.165) is 5.75 Å². The monoisotopic (exact) mass is 235 g/mol. The molecular weight excluding hydrogens is 210 g/mol. The molecule has 1 aromatic carbocycles. The smallest absolute Gasteiger partial charge is 0.119 e. The molecule has 0 aliphatic carbocycles. The first kappa shape index (κ1) is 14.0. The quantitative estimate of drug-likeness (QED) is 0.868. The number of nitrogens with two attached hydrogens (primary N) is 1. The van der Waals surface area contributed by atoms with Gasteiger partial charge in [-0.25, -0.2) is 0 Å². The van der Waals surface area contributed by atoms with Crippen LogP contribution in [0.1, 0.15) is 40.2 Å². The molecule has 0 saturated heterocycles. The first-order chi connectivity index (χ1) is 7.74. The van der Waals surface area contributed by atoms with Gasteiger partial charge >= 0.3 is 0 Å². The molecule has 0 aliphatic heterocycles. The van der Waals surface area contributed by atoms with Crippen molar-refractivity contribution in [3.05, 3.63) is 29.8 Å². The molecule has 0 aromatic heterocycles. The van der Waals surface area contributed by atoms with E-state index in [9.17, 15) is 0 Å². The normalized spacial score (nSPS) is 12.6. The fourth-order valence-corrected chi connectivity index (χ4v) is 1.39. The third kappa shape index (κ3) is 4.39. The Bertz CT molecular complexity index is 363. The molecular formula is C15H25NO. The molecule has 0 fully saturated rings. The maximum atomic E-state index is 5.82. The molecule has 1 rings (SSSR count). The molecule has 0 heterocycles. The lowest BCUT2D eigenvalue weighted by atomic mass is 9.87. The summed E-state index contributed by atoms with van der Waals surface area (Å²) in [7, 11) is 0. The van der Waals surface area contributed by atoms with Gasteiger partial charge in [0.1, 0.15) is 5.75 Å². The number of ether oxygens (including phenoxy) is 1. The average molecular weight is 235 g/mol. The van der Waals surface area contributed by atoms with Gasteiger partial charge in [0.2, 0.25) is 0 Å². The third-order valence-electron chi connectivity index (χ3n) is 2.88. The number of hydrogen-bond donors (Lipinski definition) is 1. The van der Waals surface area contributed by atoms with Gasteiger partial charge in [-0.15, -0.1) is 0 Å². The Morgan fingerprint density at radius 1 is 1.12 bits per heavy atom. The van der Waals surface area contributed by atoms with Crippen LogP contribution in [0.2, 0.25) is 0 Å². The highest BCUT2D eigenvalue weighted by Gasteiger charge is 2.17. The minimum absolute atomic E-state index is 0.0255. The summed E-state index contributed by atoms with van der Waals surface area (Å²) in [5, 5.41) is 0. The van der Waals surface area contributed by atoms with E-state index in [1.54, 1.807) is 0 Å². The molecule has 96 valence electrons. The van der Waals surface area contributed by atoms with Crippen molar-refractivity contribution >= 4 is 0 Å². The van der Waals surface area contributed by atoms with Crippen molar-refractivity contribution in [1.29, 1.82) is 0 Å². The molecule has 0 unspecified atom stereocenters. The summed E-state index contributed by atoms with van der Waals surface area (Å²) in [6.45, 7) is 12.1. The van der Waals surface area contributed by atoms with Crippen molar-refractivity contribution in [3.8, 4) is 5.75 Å². The Hall–Kier alpha value is -1.02. The van der Waals surface area contributed by atoms with Gasteiger partial charge in [0.25, 0.3) is 0 Å². The lowest BCUT2D eigenvalue weighted by molar-refractivity contribution is 0.187. The predicted molar refractivity (Wildman–Crippen MR) is 73.5 cm³/mol. The van der Waals surface area contributed by atoms with Crippen LogP contribution in [0.4, 0.5) is 0 Å². The molecule has 2 N–H and O–H groups in total. The highest BCUT2D eigenvalue weighted by Crippen LogP contribution is 2.26. The lowest BCUT2D eigenvalue weighted by Crippen LogP contribution is -2.30. The zero-order valence-corrected chi connectivity index (χ0v) is 11.7. The Morgan fingerprint density at radius 3 is 2.29 bits per heavy atom. The summed E-state index contributed by atoms with van der Waals surface area (Å²) in [5.74, 6) is 0.930. The number of rotatable bonds is 4. The minimum atomic E-state index is 0.0255. The summed E-state index contributed by atoms with van der Waals surface area (Å²) in [4.78, 5) is 0. The molecule has 2 nitrogen and oxygen atoms in total. The summed E-state index contributed by atoms with van der Waals surface area (Å²) in [6.07, 6.45) is 0. The second-order valence-corrected chi connectivity index (χ2v) is 6.43. The number of hydrogen-bond acceptors (Lipinski definition) is 2. The number of benzene rings is 1. The highest BCUT2D eigenvalue weighted by atomic mass is 16.5. The van der Waals surface area contributed by atoms with E-state index >= 15 is 0 Å². The van der Waals surface area contributed by atoms with E-state index in [-0.39, 0.29) is 10.8 Å². The van der Waals surface area contributed by atoms with Gasteiger partial charge in [-0.3, -0.25) is 0 Å². The Kier molecular flexibility index (Phi) is 4.21. The minimum Gasteiger partial charge on any atom is -0.493 e. The molecule has 0 atom stereocenters. The van der Waals surface area contributed by atoms with Crippen LogP contribution in [-0.4, -0.2) is 13.2 Å². The topological polar surface area (TPSA) is 35.2 Å². The van der Waals surface area contributed by atoms with Gasteiger partial charge in [-0.2, -0.15) is 0 Å². The van der Waals surface area contributed by atoms with Crippen molar-refractivity contribution in [1.82, 2.24) is 0 Å². The molecule has 2 heteroatoms. The van der Waals surface area contributed by atoms with Crippen LogP contribution in [-0.2, 0) is 5.41 Å². The van der Waals surface area contributed by atoms with Crippen LogP contribution in [0.3, 0.4) is 0 Å². The Morgan fingerprint density at radius 2 is 1.76 bits per heavy atom. The van der Waals surface area contributed by atoms with Crippen molar-refractivity contribution in [3.63, 3.8) is 0 Å². The molecule has 0 aliphatic rings. The summed E-state index contributed by atoms with van der Waals surface area (Å²) >= 11 is 0. The molecule has 0 saturated carbocycles. The zero-order chi connectivity index (χ0) is 13.1. The summed E-state index contributed by atoms with van der Waals surface area (Å²) in [5.41, 5.74) is 7.16. The fourth-order valence-electron chi connectivity index (χ4n) is 1.39. The van der Waals surface area contributed by atoms with Gasteiger partial charge in [0.15, 0.2) is 0 Å². The van der Waals surface area contributed by atoms with E-state index in [4.69, 9.17) is 10.5 Å². The van der Waals surface area contributed by atoms with Gasteiger partial charge < -0.3 is 10.5 Å². The maximum absolute atomic E-state index is 5.82. The van der Waals surface area contributed by atoms with Crippen molar-refractivity contribution in [2.45, 2.75) is 40.0 Å². The Balaban J connectivity index is 2.74. The predicted octanol–water partition coefficient (Wildman–Crippen LogP) is 3.35. The van der Waals surface area contributed by atoms with Crippen LogP contribution < -0.4 is 10.5 Å². The van der Waals surface area contributed by atoms with E-state index in [0.29, 0.717) is 13.2 Å². The van der Waals surface area contributed by atoms with Crippen molar-refractivity contribution < 1.29 is 4.74 Å². The average Bonchev–Trinajstić information content (AvgIpc) is 2.26. The van der Waals surface area contributed by atoms with E-state index < -0.39 is 0 Å². The van der Waals surface area contributed by atoms with E-state index in [1.807, 2.05) is 12.1 Å². The lowest BCUT2D eigenvalue weighted by Gasteiger charge is -2.24. The first-order valence-electron chi connectivity index (χ1n) is 6.18. The first-order valence-corrected chi connectivity index (χ1v) is 6.18. The van der Waals surface area contributed by atoms with Crippen LogP contribution in [0, 0.1) is 5.41 Å². The molecule has 1 aromatic rings. The fraction of sp³-hybridized carbons (Fsp3) is 0.600. The van der Waals surface area contributed by atoms with Crippen LogP contribution in [0.25, 0.3) is 0 Å².